The van der Waals surface area contributed by atoms with E-state index < -0.39 is 11.9 Å². The highest BCUT2D eigenvalue weighted by Gasteiger charge is 2.18. The lowest BCUT2D eigenvalue weighted by molar-refractivity contribution is 0.0692. The van der Waals surface area contributed by atoms with Gasteiger partial charge in [0.25, 0.3) is 11.8 Å². The molecule has 0 saturated heterocycles. The number of carbonyl (C=O) groups excluding carboxylic acids is 2. The van der Waals surface area contributed by atoms with E-state index in [0.29, 0.717) is 17.8 Å². The molecule has 29 heavy (non-hydrogen) atoms. The van der Waals surface area contributed by atoms with Crippen molar-refractivity contribution in [1.82, 2.24) is 0 Å². The summed E-state index contributed by atoms with van der Waals surface area (Å²) in [7, 11) is 0. The minimum atomic E-state index is -1.17. The van der Waals surface area contributed by atoms with Crippen molar-refractivity contribution in [1.29, 1.82) is 0 Å². The predicted molar refractivity (Wildman–Crippen MR) is 112 cm³/mol. The second-order valence-electron chi connectivity index (χ2n) is 6.27. The standard InChI is InChI=1S/C23H20N2O4/c1-2-25(18-8-4-3-5-9-18)22(27)16-12-14-17(15-13-16)24-21(26)19-10-6-7-11-20(19)23(28)29/h3-15H,2H2,1H3,(H,24,26)(H,28,29). The Labute approximate surface area is 168 Å². The van der Waals surface area contributed by atoms with Crippen LogP contribution in [0.1, 0.15) is 38.0 Å². The number of hydrogen-bond donors (Lipinski definition) is 2. The average molecular weight is 388 g/mol. The topological polar surface area (TPSA) is 86.7 Å². The van der Waals surface area contributed by atoms with Gasteiger partial charge in [-0.05, 0) is 55.5 Å². The average Bonchev–Trinajstić information content (AvgIpc) is 2.75. The smallest absolute Gasteiger partial charge is 0.336 e. The van der Waals surface area contributed by atoms with E-state index >= 15 is 0 Å². The first-order valence-electron chi connectivity index (χ1n) is 9.12. The first-order valence-corrected chi connectivity index (χ1v) is 9.12. The molecule has 0 heterocycles. The summed E-state index contributed by atoms with van der Waals surface area (Å²) >= 11 is 0. The molecule has 2 N–H and O–H groups in total. The van der Waals surface area contributed by atoms with Crippen molar-refractivity contribution in [3.05, 3.63) is 95.6 Å². The fourth-order valence-electron chi connectivity index (χ4n) is 2.97. The fourth-order valence-corrected chi connectivity index (χ4v) is 2.97. The summed E-state index contributed by atoms with van der Waals surface area (Å²) < 4.78 is 0. The van der Waals surface area contributed by atoms with Crippen molar-refractivity contribution in [3.8, 4) is 0 Å². The van der Waals surface area contributed by atoms with Crippen LogP contribution in [0.5, 0.6) is 0 Å². The van der Waals surface area contributed by atoms with Gasteiger partial charge in [-0.2, -0.15) is 0 Å². The van der Waals surface area contributed by atoms with E-state index in [1.165, 1.54) is 12.1 Å². The van der Waals surface area contributed by atoms with Gasteiger partial charge in [-0.15, -0.1) is 0 Å². The molecule has 0 atom stereocenters. The van der Waals surface area contributed by atoms with Gasteiger partial charge < -0.3 is 15.3 Å². The molecular weight excluding hydrogens is 368 g/mol. The summed E-state index contributed by atoms with van der Waals surface area (Å²) in [5.41, 5.74) is 1.76. The van der Waals surface area contributed by atoms with E-state index in [1.54, 1.807) is 41.3 Å². The van der Waals surface area contributed by atoms with Crippen molar-refractivity contribution in [2.45, 2.75) is 6.92 Å². The maximum Gasteiger partial charge on any atom is 0.336 e. The van der Waals surface area contributed by atoms with Crippen LogP contribution in [-0.4, -0.2) is 29.4 Å². The third-order valence-corrected chi connectivity index (χ3v) is 4.42. The van der Waals surface area contributed by atoms with Gasteiger partial charge in [0.05, 0.1) is 11.1 Å². The maximum absolute atomic E-state index is 12.8. The molecule has 0 spiro atoms. The second kappa shape index (κ2) is 8.84. The Morgan fingerprint density at radius 1 is 0.828 bits per heavy atom. The molecule has 0 unspecified atom stereocenters. The number of nitrogens with one attached hydrogen (secondary N) is 1. The molecule has 0 aliphatic rings. The SMILES string of the molecule is CCN(C(=O)c1ccc(NC(=O)c2ccccc2C(=O)O)cc1)c1ccccc1. The predicted octanol–water partition coefficient (Wildman–Crippen LogP) is 4.30. The summed E-state index contributed by atoms with van der Waals surface area (Å²) in [6.07, 6.45) is 0. The number of nitrogens with zero attached hydrogens (tertiary/aromatic N) is 1. The Morgan fingerprint density at radius 3 is 2.00 bits per heavy atom. The minimum Gasteiger partial charge on any atom is -0.478 e. The van der Waals surface area contributed by atoms with Gasteiger partial charge in [0, 0.05) is 23.5 Å². The number of amides is 2. The van der Waals surface area contributed by atoms with E-state index in [9.17, 15) is 19.5 Å². The van der Waals surface area contributed by atoms with Crippen molar-refractivity contribution in [3.63, 3.8) is 0 Å². The second-order valence-corrected chi connectivity index (χ2v) is 6.27. The highest BCUT2D eigenvalue weighted by molar-refractivity contribution is 6.11. The molecular formula is C23H20N2O4. The minimum absolute atomic E-state index is 0.0707. The molecule has 3 aromatic rings. The quantitative estimate of drug-likeness (QED) is 0.659. The lowest BCUT2D eigenvalue weighted by Crippen LogP contribution is -2.30. The summed E-state index contributed by atoms with van der Waals surface area (Å²) in [4.78, 5) is 38.2. The van der Waals surface area contributed by atoms with Crippen LogP contribution in [-0.2, 0) is 0 Å². The Balaban J connectivity index is 1.76. The van der Waals surface area contributed by atoms with Crippen LogP contribution in [0.3, 0.4) is 0 Å². The zero-order valence-electron chi connectivity index (χ0n) is 15.8. The first kappa shape index (κ1) is 19.8. The van der Waals surface area contributed by atoms with Crippen LogP contribution in [0.25, 0.3) is 0 Å². The Hall–Kier alpha value is -3.93. The third-order valence-electron chi connectivity index (χ3n) is 4.42. The molecule has 6 nitrogen and oxygen atoms in total. The molecule has 0 aliphatic carbocycles. The van der Waals surface area contributed by atoms with Gasteiger partial charge in [-0.25, -0.2) is 4.79 Å². The number of aromatic carboxylic acids is 1. The monoisotopic (exact) mass is 388 g/mol. The van der Waals surface area contributed by atoms with Crippen molar-refractivity contribution in [2.24, 2.45) is 0 Å². The van der Waals surface area contributed by atoms with Gasteiger partial charge in [0.2, 0.25) is 0 Å². The molecule has 3 rings (SSSR count). The Kier molecular flexibility index (Phi) is 6.04. The Morgan fingerprint density at radius 2 is 1.41 bits per heavy atom. The van der Waals surface area contributed by atoms with E-state index in [-0.39, 0.29) is 17.0 Å². The molecule has 3 aromatic carbocycles. The first-order chi connectivity index (χ1) is 14.0. The molecule has 0 radical (unpaired) electrons. The maximum atomic E-state index is 12.8. The molecule has 146 valence electrons. The highest BCUT2D eigenvalue weighted by Crippen LogP contribution is 2.19. The zero-order valence-corrected chi connectivity index (χ0v) is 15.8. The third kappa shape index (κ3) is 4.50. The van der Waals surface area contributed by atoms with Crippen molar-refractivity contribution in [2.75, 3.05) is 16.8 Å². The lowest BCUT2D eigenvalue weighted by Gasteiger charge is -2.21. The van der Waals surface area contributed by atoms with Gasteiger partial charge >= 0.3 is 5.97 Å². The molecule has 2 amide bonds. The normalized spacial score (nSPS) is 10.2. The number of carboxylic acids is 1. The number of benzene rings is 3. The van der Waals surface area contributed by atoms with Crippen LogP contribution < -0.4 is 10.2 Å². The number of hydrogen-bond acceptors (Lipinski definition) is 3. The summed E-state index contributed by atoms with van der Waals surface area (Å²) in [6, 6.07) is 21.9. The van der Waals surface area contributed by atoms with Crippen LogP contribution in [0.2, 0.25) is 0 Å². The van der Waals surface area contributed by atoms with E-state index in [2.05, 4.69) is 5.32 Å². The number of carboxylic acid groups (broad SMARTS) is 1. The van der Waals surface area contributed by atoms with E-state index in [1.807, 2.05) is 37.3 Å². The summed E-state index contributed by atoms with van der Waals surface area (Å²) in [5.74, 6) is -1.84. The van der Waals surface area contributed by atoms with Crippen LogP contribution in [0, 0.1) is 0 Å². The van der Waals surface area contributed by atoms with E-state index in [4.69, 9.17) is 0 Å². The Bertz CT molecular complexity index is 1030. The van der Waals surface area contributed by atoms with Gasteiger partial charge in [-0.1, -0.05) is 30.3 Å². The van der Waals surface area contributed by atoms with Crippen LogP contribution >= 0.6 is 0 Å². The molecule has 0 fully saturated rings. The number of para-hydroxylation sites is 1. The number of carbonyl (C=O) groups is 3. The van der Waals surface area contributed by atoms with Crippen molar-refractivity contribution < 1.29 is 19.5 Å². The largest absolute Gasteiger partial charge is 0.478 e. The van der Waals surface area contributed by atoms with E-state index in [0.717, 1.165) is 5.69 Å². The molecule has 0 aliphatic heterocycles. The lowest BCUT2D eigenvalue weighted by atomic mass is 10.1. The van der Waals surface area contributed by atoms with Gasteiger partial charge in [-0.3, -0.25) is 9.59 Å². The fraction of sp³-hybridized carbons (Fsp3) is 0.0870. The molecule has 0 aromatic heterocycles. The van der Waals surface area contributed by atoms with Gasteiger partial charge in [0.15, 0.2) is 0 Å². The zero-order chi connectivity index (χ0) is 20.8. The summed E-state index contributed by atoms with van der Waals surface area (Å²) in [5, 5.41) is 11.9. The van der Waals surface area contributed by atoms with Crippen LogP contribution in [0.4, 0.5) is 11.4 Å². The number of rotatable bonds is 6. The highest BCUT2D eigenvalue weighted by atomic mass is 16.4. The van der Waals surface area contributed by atoms with Crippen LogP contribution in [0.15, 0.2) is 78.9 Å². The van der Waals surface area contributed by atoms with Gasteiger partial charge in [0.1, 0.15) is 0 Å². The molecule has 0 saturated carbocycles. The summed E-state index contributed by atoms with van der Waals surface area (Å²) in [6.45, 7) is 2.42. The number of anilines is 2. The molecule has 0 bridgehead atoms. The van der Waals surface area contributed by atoms with Crippen molar-refractivity contribution >= 4 is 29.2 Å². The molecule has 6 heteroatoms.